The maximum absolute atomic E-state index is 12.3. The molecule has 126 valence electrons. The number of carbonyl (C=O) groups excluding carboxylic acids is 1. The fraction of sp³-hybridized carbons (Fsp3) is 0.938. The van der Waals surface area contributed by atoms with Crippen LogP contribution in [0.2, 0.25) is 0 Å². The van der Waals surface area contributed by atoms with Gasteiger partial charge in [-0.3, -0.25) is 4.79 Å². The van der Waals surface area contributed by atoms with E-state index in [0.29, 0.717) is 6.54 Å². The average molecular weight is 320 g/mol. The van der Waals surface area contributed by atoms with Crippen molar-refractivity contribution >= 4 is 18.3 Å². The van der Waals surface area contributed by atoms with Crippen molar-refractivity contribution in [3.63, 3.8) is 0 Å². The summed E-state index contributed by atoms with van der Waals surface area (Å²) < 4.78 is 0. The van der Waals surface area contributed by atoms with Crippen LogP contribution in [0, 0.1) is 5.92 Å². The van der Waals surface area contributed by atoms with Crippen LogP contribution >= 0.6 is 12.4 Å². The molecule has 4 nitrogen and oxygen atoms in total. The summed E-state index contributed by atoms with van der Waals surface area (Å²) in [4.78, 5) is 14.6. The summed E-state index contributed by atoms with van der Waals surface area (Å²) >= 11 is 0. The summed E-state index contributed by atoms with van der Waals surface area (Å²) in [6, 6.07) is 0. The highest BCUT2D eigenvalue weighted by atomic mass is 35.5. The van der Waals surface area contributed by atoms with Gasteiger partial charge in [0.2, 0.25) is 5.91 Å². The number of carbonyl (C=O) groups is 1. The van der Waals surface area contributed by atoms with Crippen LogP contribution in [0.15, 0.2) is 0 Å². The minimum atomic E-state index is -0.747. The van der Waals surface area contributed by atoms with Crippen molar-refractivity contribution in [2.45, 2.75) is 70.4 Å². The van der Waals surface area contributed by atoms with Crippen LogP contribution in [0.4, 0.5) is 0 Å². The molecule has 1 amide bonds. The Hall–Kier alpha value is -0.320. The highest BCUT2D eigenvalue weighted by molar-refractivity contribution is 5.85. The molecule has 0 spiro atoms. The zero-order chi connectivity index (χ0) is 15.4. The SMILES string of the molecule is CCCC(C)(N)C(=O)NCC1(N(C)C)CCCC(C)C1.Cl. The molecule has 0 radical (unpaired) electrons. The molecule has 0 heterocycles. The quantitative estimate of drug-likeness (QED) is 0.791. The second kappa shape index (κ2) is 8.35. The minimum absolute atomic E-state index is 0. The van der Waals surface area contributed by atoms with Crippen molar-refractivity contribution < 1.29 is 4.79 Å². The highest BCUT2D eigenvalue weighted by Crippen LogP contribution is 2.35. The number of likely N-dealkylation sites (N-methyl/N-ethyl adjacent to an activating group) is 1. The molecule has 1 aliphatic rings. The van der Waals surface area contributed by atoms with Crippen LogP contribution in [0.1, 0.15) is 59.3 Å². The second-order valence-corrected chi connectivity index (χ2v) is 7.17. The van der Waals surface area contributed by atoms with Crippen molar-refractivity contribution in [3.05, 3.63) is 0 Å². The molecular weight excluding hydrogens is 286 g/mol. The van der Waals surface area contributed by atoms with Gasteiger partial charge in [-0.1, -0.05) is 33.1 Å². The maximum Gasteiger partial charge on any atom is 0.239 e. The van der Waals surface area contributed by atoms with Crippen molar-refractivity contribution in [3.8, 4) is 0 Å². The van der Waals surface area contributed by atoms with E-state index in [4.69, 9.17) is 5.73 Å². The highest BCUT2D eigenvalue weighted by Gasteiger charge is 2.38. The van der Waals surface area contributed by atoms with Crippen LogP contribution in [0.5, 0.6) is 0 Å². The first-order valence-electron chi connectivity index (χ1n) is 7.98. The monoisotopic (exact) mass is 319 g/mol. The minimum Gasteiger partial charge on any atom is -0.353 e. The van der Waals surface area contributed by atoms with E-state index in [1.807, 2.05) is 6.92 Å². The van der Waals surface area contributed by atoms with E-state index >= 15 is 0 Å². The molecule has 1 saturated carbocycles. The van der Waals surface area contributed by atoms with Crippen LogP contribution < -0.4 is 11.1 Å². The number of amides is 1. The lowest BCUT2D eigenvalue weighted by molar-refractivity contribution is -0.126. The van der Waals surface area contributed by atoms with E-state index < -0.39 is 5.54 Å². The van der Waals surface area contributed by atoms with E-state index in [2.05, 4.69) is 38.2 Å². The van der Waals surface area contributed by atoms with E-state index in [9.17, 15) is 4.79 Å². The molecule has 0 bridgehead atoms. The topological polar surface area (TPSA) is 58.4 Å². The van der Waals surface area contributed by atoms with Crippen LogP contribution in [-0.4, -0.2) is 42.5 Å². The molecule has 21 heavy (non-hydrogen) atoms. The number of hydrogen-bond donors (Lipinski definition) is 2. The van der Waals surface area contributed by atoms with Gasteiger partial charge in [-0.2, -0.15) is 0 Å². The van der Waals surface area contributed by atoms with Gasteiger partial charge in [0.15, 0.2) is 0 Å². The summed E-state index contributed by atoms with van der Waals surface area (Å²) in [5, 5.41) is 3.11. The second-order valence-electron chi connectivity index (χ2n) is 7.17. The van der Waals surface area contributed by atoms with Crippen molar-refractivity contribution in [2.24, 2.45) is 11.7 Å². The predicted octanol–water partition coefficient (Wildman–Crippen LogP) is 2.55. The summed E-state index contributed by atoms with van der Waals surface area (Å²) in [6.45, 7) is 6.91. The van der Waals surface area contributed by atoms with Gasteiger partial charge in [-0.15, -0.1) is 12.4 Å². The lowest BCUT2D eigenvalue weighted by Crippen LogP contribution is -2.59. The van der Waals surface area contributed by atoms with E-state index in [1.54, 1.807) is 0 Å². The number of nitrogens with zero attached hydrogens (tertiary/aromatic N) is 1. The van der Waals surface area contributed by atoms with Crippen LogP contribution in [0.3, 0.4) is 0 Å². The molecule has 1 aliphatic carbocycles. The molecule has 0 aromatic heterocycles. The molecule has 1 rings (SSSR count). The fourth-order valence-electron chi connectivity index (χ4n) is 3.44. The molecule has 3 atom stereocenters. The summed E-state index contributed by atoms with van der Waals surface area (Å²) in [7, 11) is 4.25. The maximum atomic E-state index is 12.3. The van der Waals surface area contributed by atoms with E-state index in [0.717, 1.165) is 31.6 Å². The summed E-state index contributed by atoms with van der Waals surface area (Å²) in [6.07, 6.45) is 6.49. The number of nitrogens with two attached hydrogens (primary N) is 1. The van der Waals surface area contributed by atoms with Crippen molar-refractivity contribution in [1.82, 2.24) is 10.2 Å². The van der Waals surface area contributed by atoms with Gasteiger partial charge >= 0.3 is 0 Å². The molecule has 1 fully saturated rings. The Kier molecular flexibility index (Phi) is 8.22. The Morgan fingerprint density at radius 2 is 2.10 bits per heavy atom. The zero-order valence-corrected chi connectivity index (χ0v) is 15.2. The first-order chi connectivity index (χ1) is 9.23. The van der Waals surface area contributed by atoms with Gasteiger partial charge in [0.1, 0.15) is 0 Å². The van der Waals surface area contributed by atoms with E-state index in [-0.39, 0.29) is 23.9 Å². The number of hydrogen-bond acceptors (Lipinski definition) is 3. The number of halogens is 1. The number of rotatable bonds is 6. The normalized spacial score (nSPS) is 28.6. The Bertz CT molecular complexity index is 333. The molecule has 0 aromatic carbocycles. The van der Waals surface area contributed by atoms with Gasteiger partial charge in [0, 0.05) is 12.1 Å². The Labute approximate surface area is 136 Å². The standard InChI is InChI=1S/C16H33N3O.ClH/c1-6-9-15(3,17)14(20)18-12-16(19(4)5)10-7-8-13(2)11-16;/h13H,6-12,17H2,1-5H3,(H,18,20);1H. The Balaban J connectivity index is 0.00000400. The summed E-state index contributed by atoms with van der Waals surface area (Å²) in [5.41, 5.74) is 5.45. The largest absolute Gasteiger partial charge is 0.353 e. The van der Waals surface area contributed by atoms with Gasteiger partial charge in [0.05, 0.1) is 5.54 Å². The first-order valence-corrected chi connectivity index (χ1v) is 7.98. The van der Waals surface area contributed by atoms with Gasteiger partial charge in [0.25, 0.3) is 0 Å². The lowest BCUT2D eigenvalue weighted by Gasteiger charge is -2.45. The zero-order valence-electron chi connectivity index (χ0n) is 14.4. The first kappa shape index (κ1) is 20.7. The molecule has 5 heteroatoms. The predicted molar refractivity (Wildman–Crippen MR) is 91.8 cm³/mol. The fourth-order valence-corrected chi connectivity index (χ4v) is 3.44. The molecule has 3 unspecified atom stereocenters. The Morgan fingerprint density at radius 1 is 1.48 bits per heavy atom. The van der Waals surface area contributed by atoms with Gasteiger partial charge < -0.3 is 16.0 Å². The molecule has 0 saturated heterocycles. The van der Waals surface area contributed by atoms with Crippen molar-refractivity contribution in [1.29, 1.82) is 0 Å². The molecule has 0 aromatic rings. The Morgan fingerprint density at radius 3 is 2.57 bits per heavy atom. The lowest BCUT2D eigenvalue weighted by atomic mass is 9.75. The number of nitrogens with one attached hydrogen (secondary N) is 1. The third-order valence-electron chi connectivity index (χ3n) is 4.88. The third kappa shape index (κ3) is 5.42. The van der Waals surface area contributed by atoms with Crippen molar-refractivity contribution in [2.75, 3.05) is 20.6 Å². The molecule has 0 aliphatic heterocycles. The molecule has 3 N–H and O–H groups in total. The van der Waals surface area contributed by atoms with Crippen LogP contribution in [0.25, 0.3) is 0 Å². The third-order valence-corrected chi connectivity index (χ3v) is 4.88. The summed E-state index contributed by atoms with van der Waals surface area (Å²) in [5.74, 6) is 0.710. The van der Waals surface area contributed by atoms with Gasteiger partial charge in [-0.25, -0.2) is 0 Å². The van der Waals surface area contributed by atoms with Crippen LogP contribution in [-0.2, 0) is 4.79 Å². The smallest absolute Gasteiger partial charge is 0.239 e. The molecular formula is C16H34ClN3O. The van der Waals surface area contributed by atoms with Gasteiger partial charge in [-0.05, 0) is 46.2 Å². The average Bonchev–Trinajstić information content (AvgIpc) is 2.35. The van der Waals surface area contributed by atoms with E-state index in [1.165, 1.54) is 12.8 Å².